The van der Waals surface area contributed by atoms with Crippen molar-refractivity contribution >= 4 is 16.9 Å². The first-order valence-electron chi connectivity index (χ1n) is 5.65. The molecule has 2 rings (SSSR count). The van der Waals surface area contributed by atoms with E-state index < -0.39 is 5.76 Å². The highest BCUT2D eigenvalue weighted by Crippen LogP contribution is 2.16. The van der Waals surface area contributed by atoms with Gasteiger partial charge in [0, 0.05) is 18.5 Å². The Kier molecular flexibility index (Phi) is 3.28. The smallest absolute Gasteiger partial charge is 0.408 e. The number of oxazole rings is 1. The molecule has 1 heterocycles. The van der Waals surface area contributed by atoms with Crippen molar-refractivity contribution in [3.8, 4) is 6.07 Å². The van der Waals surface area contributed by atoms with Crippen LogP contribution in [0, 0.1) is 11.3 Å². The Labute approximate surface area is 103 Å². The van der Waals surface area contributed by atoms with Gasteiger partial charge in [-0.1, -0.05) is 0 Å². The highest BCUT2D eigenvalue weighted by molar-refractivity contribution is 5.96. The van der Waals surface area contributed by atoms with E-state index in [4.69, 9.17) is 9.68 Å². The number of fused-ring (bicyclic) bond motifs is 1. The number of rotatable bonds is 4. The van der Waals surface area contributed by atoms with Gasteiger partial charge in [0.2, 0.25) is 0 Å². The second kappa shape index (κ2) is 4.88. The summed E-state index contributed by atoms with van der Waals surface area (Å²) >= 11 is 0. The summed E-state index contributed by atoms with van der Waals surface area (Å²) in [6.07, 6.45) is 0.990. The van der Waals surface area contributed by atoms with Crippen molar-refractivity contribution in [1.29, 1.82) is 5.26 Å². The van der Waals surface area contributed by atoms with Crippen LogP contribution in [0.2, 0.25) is 0 Å². The van der Waals surface area contributed by atoms with E-state index in [1.165, 1.54) is 11.5 Å². The van der Waals surface area contributed by atoms with Crippen molar-refractivity contribution in [2.75, 3.05) is 0 Å². The minimum atomic E-state index is -0.455. The molecule has 0 aliphatic heterocycles. The zero-order valence-corrected chi connectivity index (χ0v) is 9.97. The van der Waals surface area contributed by atoms with Crippen molar-refractivity contribution < 1.29 is 9.21 Å². The van der Waals surface area contributed by atoms with Gasteiger partial charge in [0.05, 0.1) is 11.6 Å². The van der Waals surface area contributed by atoms with Crippen LogP contribution in [0.5, 0.6) is 0 Å². The van der Waals surface area contributed by atoms with Crippen LogP contribution >= 0.6 is 0 Å². The number of carbonyl (C=O) groups excluding carboxylic acids is 1. The van der Waals surface area contributed by atoms with Crippen LogP contribution in [-0.2, 0) is 6.54 Å². The topological polar surface area (TPSA) is 76.0 Å². The van der Waals surface area contributed by atoms with Gasteiger partial charge in [-0.15, -0.1) is 0 Å². The van der Waals surface area contributed by atoms with Gasteiger partial charge in [-0.2, -0.15) is 5.26 Å². The molecule has 0 unspecified atom stereocenters. The number of nitrogens with zero attached hydrogens (tertiary/aromatic N) is 2. The molecule has 0 aliphatic carbocycles. The predicted molar refractivity (Wildman–Crippen MR) is 65.3 cm³/mol. The van der Waals surface area contributed by atoms with E-state index >= 15 is 0 Å². The van der Waals surface area contributed by atoms with Crippen LogP contribution in [0.15, 0.2) is 27.4 Å². The SMILES string of the molecule is CC(=O)c1ccc2c(c1)oc(=O)n2CCCC#N. The molecule has 2 aromatic rings. The third-order valence-corrected chi connectivity index (χ3v) is 2.75. The van der Waals surface area contributed by atoms with E-state index in [-0.39, 0.29) is 5.78 Å². The van der Waals surface area contributed by atoms with Crippen LogP contribution in [0.3, 0.4) is 0 Å². The van der Waals surface area contributed by atoms with E-state index in [1.807, 2.05) is 6.07 Å². The maximum absolute atomic E-state index is 11.6. The van der Waals surface area contributed by atoms with Gasteiger partial charge in [0.15, 0.2) is 11.4 Å². The number of hydrogen-bond acceptors (Lipinski definition) is 4. The van der Waals surface area contributed by atoms with Crippen molar-refractivity contribution in [3.05, 3.63) is 34.3 Å². The second-order valence-electron chi connectivity index (χ2n) is 4.02. The molecule has 0 aliphatic rings. The summed E-state index contributed by atoms with van der Waals surface area (Å²) in [7, 11) is 0. The molecule has 5 heteroatoms. The molecular weight excluding hydrogens is 232 g/mol. The minimum absolute atomic E-state index is 0.0724. The summed E-state index contributed by atoms with van der Waals surface area (Å²) < 4.78 is 6.58. The van der Waals surface area contributed by atoms with E-state index in [9.17, 15) is 9.59 Å². The molecule has 0 atom stereocenters. The average molecular weight is 244 g/mol. The number of carbonyl (C=O) groups is 1. The first kappa shape index (κ1) is 12.1. The number of benzene rings is 1. The third-order valence-electron chi connectivity index (χ3n) is 2.75. The Balaban J connectivity index is 2.43. The molecule has 0 fully saturated rings. The molecule has 1 aromatic heterocycles. The van der Waals surface area contributed by atoms with Crippen LogP contribution < -0.4 is 5.76 Å². The molecule has 1 aromatic carbocycles. The summed E-state index contributed by atoms with van der Waals surface area (Å²) in [6, 6.07) is 6.97. The first-order valence-corrected chi connectivity index (χ1v) is 5.65. The summed E-state index contributed by atoms with van der Waals surface area (Å²) in [6.45, 7) is 1.90. The van der Waals surface area contributed by atoms with E-state index in [0.29, 0.717) is 36.0 Å². The van der Waals surface area contributed by atoms with Gasteiger partial charge in [-0.25, -0.2) is 4.79 Å². The molecule has 0 N–H and O–H groups in total. The number of unbranched alkanes of at least 4 members (excludes halogenated alkanes) is 1. The number of nitriles is 1. The van der Waals surface area contributed by atoms with E-state index in [2.05, 4.69) is 0 Å². The molecule has 5 nitrogen and oxygen atoms in total. The van der Waals surface area contributed by atoms with Gasteiger partial charge in [0.25, 0.3) is 0 Å². The van der Waals surface area contributed by atoms with Crippen molar-refractivity contribution in [3.63, 3.8) is 0 Å². The van der Waals surface area contributed by atoms with Gasteiger partial charge >= 0.3 is 5.76 Å². The van der Waals surface area contributed by atoms with Gasteiger partial charge in [0.1, 0.15) is 0 Å². The third kappa shape index (κ3) is 2.18. The number of Topliss-reactive ketones (excluding diaryl/α,β-unsaturated/α-hetero) is 1. The molecule has 0 bridgehead atoms. The normalized spacial score (nSPS) is 10.4. The van der Waals surface area contributed by atoms with Crippen molar-refractivity contribution in [1.82, 2.24) is 4.57 Å². The number of hydrogen-bond donors (Lipinski definition) is 0. The Morgan fingerprint density at radius 2 is 2.28 bits per heavy atom. The fraction of sp³-hybridized carbons (Fsp3) is 0.308. The zero-order chi connectivity index (χ0) is 13.1. The lowest BCUT2D eigenvalue weighted by Gasteiger charge is -1.99. The summed E-state index contributed by atoms with van der Waals surface area (Å²) in [5.41, 5.74) is 1.58. The average Bonchev–Trinajstić information content (AvgIpc) is 2.65. The Hall–Kier alpha value is -2.35. The van der Waals surface area contributed by atoms with Crippen LogP contribution in [-0.4, -0.2) is 10.4 Å². The van der Waals surface area contributed by atoms with E-state index in [0.717, 1.165) is 0 Å². The molecule has 0 saturated heterocycles. The molecule has 18 heavy (non-hydrogen) atoms. The standard InChI is InChI=1S/C13H12N2O3/c1-9(16)10-4-5-11-12(8-10)18-13(17)15(11)7-3-2-6-14/h4-5,8H,2-3,7H2,1H3. The lowest BCUT2D eigenvalue weighted by atomic mass is 10.1. The predicted octanol–water partition coefficient (Wildman–Crippen LogP) is 2.10. The van der Waals surface area contributed by atoms with Gasteiger partial charge in [-0.3, -0.25) is 9.36 Å². The molecule has 92 valence electrons. The maximum Gasteiger partial charge on any atom is 0.419 e. The number of aryl methyl sites for hydroxylation is 1. The lowest BCUT2D eigenvalue weighted by Crippen LogP contribution is -2.13. The maximum atomic E-state index is 11.6. The van der Waals surface area contributed by atoms with E-state index in [1.54, 1.807) is 18.2 Å². The quantitative estimate of drug-likeness (QED) is 0.609. The molecule has 0 spiro atoms. The molecule has 0 radical (unpaired) electrons. The van der Waals surface area contributed by atoms with Gasteiger partial charge in [-0.05, 0) is 31.5 Å². The molecular formula is C13H12N2O3. The second-order valence-corrected chi connectivity index (χ2v) is 4.02. The lowest BCUT2D eigenvalue weighted by molar-refractivity contribution is 0.101. The molecule has 0 amide bonds. The van der Waals surface area contributed by atoms with Crippen LogP contribution in [0.25, 0.3) is 11.1 Å². The minimum Gasteiger partial charge on any atom is -0.408 e. The largest absolute Gasteiger partial charge is 0.419 e. The van der Waals surface area contributed by atoms with Crippen molar-refractivity contribution in [2.45, 2.75) is 26.3 Å². The number of ketones is 1. The number of aromatic nitrogens is 1. The Bertz CT molecular complexity index is 688. The fourth-order valence-corrected chi connectivity index (χ4v) is 1.81. The Morgan fingerprint density at radius 1 is 1.50 bits per heavy atom. The summed E-state index contributed by atoms with van der Waals surface area (Å²) in [5, 5.41) is 8.48. The highest BCUT2D eigenvalue weighted by Gasteiger charge is 2.10. The highest BCUT2D eigenvalue weighted by atomic mass is 16.4. The van der Waals surface area contributed by atoms with Crippen LogP contribution in [0.4, 0.5) is 0 Å². The first-order chi connectivity index (χ1) is 8.63. The monoisotopic (exact) mass is 244 g/mol. The Morgan fingerprint density at radius 3 is 2.94 bits per heavy atom. The summed E-state index contributed by atoms with van der Waals surface area (Å²) in [4.78, 5) is 22.9. The fourth-order valence-electron chi connectivity index (χ4n) is 1.81. The summed E-state index contributed by atoms with van der Waals surface area (Å²) in [5.74, 6) is -0.527. The zero-order valence-electron chi connectivity index (χ0n) is 9.97. The van der Waals surface area contributed by atoms with Crippen LogP contribution in [0.1, 0.15) is 30.1 Å². The van der Waals surface area contributed by atoms with Gasteiger partial charge < -0.3 is 4.42 Å². The molecule has 0 saturated carbocycles. The van der Waals surface area contributed by atoms with Crippen molar-refractivity contribution in [2.24, 2.45) is 0 Å².